The summed E-state index contributed by atoms with van der Waals surface area (Å²) in [6, 6.07) is 16.1. The number of nitrogens with one attached hydrogen (secondary N) is 3. The number of carboxylic acids is 1. The predicted molar refractivity (Wildman–Crippen MR) is 186 cm³/mol. The maximum atomic E-state index is 13.7. The van der Waals surface area contributed by atoms with Crippen molar-refractivity contribution in [1.29, 1.82) is 0 Å². The molecule has 0 spiro atoms. The normalized spacial score (nSPS) is 17.7. The molecular weight excluding hydrogens is 679 g/mol. The fourth-order valence-electron chi connectivity index (χ4n) is 5.90. The summed E-state index contributed by atoms with van der Waals surface area (Å²) >= 11 is 0. The van der Waals surface area contributed by atoms with Crippen molar-refractivity contribution in [2.24, 2.45) is 5.92 Å². The topological polar surface area (TPSA) is 190 Å². The van der Waals surface area contributed by atoms with Gasteiger partial charge in [0, 0.05) is 23.6 Å². The summed E-state index contributed by atoms with van der Waals surface area (Å²) in [6.45, 7) is 1.90. The number of benzene rings is 2. The molecule has 4 N–H and O–H groups in total. The number of ether oxygens (including phenoxy) is 1. The third kappa shape index (κ3) is 13.0. The van der Waals surface area contributed by atoms with Gasteiger partial charge in [0.1, 0.15) is 25.3 Å². The quantitative estimate of drug-likeness (QED) is 0.113. The van der Waals surface area contributed by atoms with E-state index >= 15 is 0 Å². The van der Waals surface area contributed by atoms with E-state index in [2.05, 4.69) is 16.0 Å². The molecule has 5 atom stereocenters. The molecule has 15 heteroatoms. The third-order valence-electron chi connectivity index (χ3n) is 8.98. The van der Waals surface area contributed by atoms with Crippen molar-refractivity contribution < 1.29 is 47.4 Å². The number of likely N-dealkylation sites (tertiary alicyclic amines) is 1. The average molecular weight is 728 g/mol. The number of carbonyl (C=O) groups excluding carboxylic acids is 4. The lowest BCUT2D eigenvalue weighted by Crippen LogP contribution is -2.52. The van der Waals surface area contributed by atoms with Gasteiger partial charge < -0.3 is 30.7 Å². The number of nitrogens with zero attached hydrogens (tertiary/aromatic N) is 1. The van der Waals surface area contributed by atoms with Crippen LogP contribution in [0.25, 0.3) is 0 Å². The van der Waals surface area contributed by atoms with E-state index in [1.807, 2.05) is 60.7 Å². The molecule has 276 valence electrons. The Morgan fingerprint density at radius 2 is 1.61 bits per heavy atom. The van der Waals surface area contributed by atoms with Crippen LogP contribution in [0, 0.1) is 5.92 Å². The highest BCUT2D eigenvalue weighted by molar-refractivity contribution is 7.33. The van der Waals surface area contributed by atoms with Crippen molar-refractivity contribution >= 4 is 38.0 Å². The van der Waals surface area contributed by atoms with E-state index in [4.69, 9.17) is 13.8 Å². The maximum absolute atomic E-state index is 13.7. The van der Waals surface area contributed by atoms with Crippen LogP contribution in [0.2, 0.25) is 0 Å². The zero-order chi connectivity index (χ0) is 36.6. The molecule has 14 nitrogen and oxygen atoms in total. The molecule has 2 aromatic rings. The lowest BCUT2D eigenvalue weighted by Gasteiger charge is -2.28. The van der Waals surface area contributed by atoms with E-state index in [0.29, 0.717) is 45.1 Å². The Morgan fingerprint density at radius 3 is 2.25 bits per heavy atom. The van der Waals surface area contributed by atoms with Crippen LogP contribution in [0.3, 0.4) is 0 Å². The zero-order valence-corrected chi connectivity index (χ0v) is 29.8. The molecule has 0 radical (unpaired) electrons. The van der Waals surface area contributed by atoms with E-state index in [-0.39, 0.29) is 31.6 Å². The van der Waals surface area contributed by atoms with Crippen LogP contribution in [0.4, 0.5) is 4.79 Å². The van der Waals surface area contributed by atoms with Crippen LogP contribution in [0.1, 0.15) is 69.4 Å². The Hall–Kier alpha value is -4.39. The van der Waals surface area contributed by atoms with Crippen LogP contribution in [0.5, 0.6) is 0 Å². The zero-order valence-electron chi connectivity index (χ0n) is 28.9. The molecule has 2 aromatic carbocycles. The lowest BCUT2D eigenvalue weighted by molar-refractivity contribution is -0.151. The number of amides is 4. The number of carbonyl (C=O) groups is 5. The monoisotopic (exact) mass is 727 g/mol. The van der Waals surface area contributed by atoms with Gasteiger partial charge in [-0.05, 0) is 69.4 Å². The number of hydrogen-bond acceptors (Lipinski definition) is 9. The highest BCUT2D eigenvalue weighted by atomic mass is 31.1. The molecule has 1 aliphatic carbocycles. The average Bonchev–Trinajstić information content (AvgIpc) is 3.59. The second kappa shape index (κ2) is 20.5. The van der Waals surface area contributed by atoms with Gasteiger partial charge in [-0.3, -0.25) is 14.4 Å². The summed E-state index contributed by atoms with van der Waals surface area (Å²) in [7, 11) is -2.81. The smallest absolute Gasteiger partial charge is 0.480 e. The number of alkyl carbamates (subject to hydrolysis) is 1. The number of rotatable bonds is 20. The summed E-state index contributed by atoms with van der Waals surface area (Å²) in [5.74, 6) is -2.45. The van der Waals surface area contributed by atoms with Crippen molar-refractivity contribution in [3.8, 4) is 0 Å². The summed E-state index contributed by atoms with van der Waals surface area (Å²) in [6.07, 6.45) is 3.31. The van der Waals surface area contributed by atoms with Crippen LogP contribution < -0.4 is 16.0 Å². The first-order chi connectivity index (χ1) is 24.6. The minimum absolute atomic E-state index is 0.137. The van der Waals surface area contributed by atoms with Gasteiger partial charge in [0.05, 0.1) is 6.04 Å². The Labute approximate surface area is 298 Å². The van der Waals surface area contributed by atoms with Crippen molar-refractivity contribution in [2.45, 2.75) is 95.5 Å². The predicted octanol–water partition coefficient (Wildman–Crippen LogP) is 4.25. The molecule has 1 saturated carbocycles. The molecule has 4 rings (SSSR count). The molecule has 4 amide bonds. The molecular formula is C36H48N4O10P+. The molecule has 51 heavy (non-hydrogen) atoms. The molecule has 1 heterocycles. The summed E-state index contributed by atoms with van der Waals surface area (Å²) in [4.78, 5) is 64.2. The minimum atomic E-state index is -2.81. The van der Waals surface area contributed by atoms with E-state index in [9.17, 15) is 33.6 Å². The summed E-state index contributed by atoms with van der Waals surface area (Å²) in [5.41, 5.74) is 1.75. The number of unbranched alkanes of at least 4 members (excludes halogenated alkanes) is 1. The van der Waals surface area contributed by atoms with Gasteiger partial charge in [-0.15, -0.1) is 9.05 Å². The first kappa shape index (κ1) is 39.4. The van der Waals surface area contributed by atoms with Gasteiger partial charge >= 0.3 is 20.3 Å². The largest absolute Gasteiger partial charge is 0.698 e. The minimum Gasteiger partial charge on any atom is -0.480 e. The van der Waals surface area contributed by atoms with Gasteiger partial charge in [-0.25, -0.2) is 9.59 Å². The molecule has 2 aliphatic rings. The summed E-state index contributed by atoms with van der Waals surface area (Å²) < 4.78 is 28.9. The molecule has 2 fully saturated rings. The number of aliphatic carboxylic acids is 1. The number of hydrogen-bond donors (Lipinski definition) is 4. The Balaban J connectivity index is 1.30. The number of carboxylic acid groups (broad SMARTS) is 1. The Kier molecular flexibility index (Phi) is 15.8. The van der Waals surface area contributed by atoms with Gasteiger partial charge in [-0.1, -0.05) is 67.1 Å². The van der Waals surface area contributed by atoms with Crippen LogP contribution >= 0.6 is 8.25 Å². The highest BCUT2D eigenvalue weighted by Gasteiger charge is 2.40. The van der Waals surface area contributed by atoms with Gasteiger partial charge in [-0.2, -0.15) is 0 Å². The van der Waals surface area contributed by atoms with Gasteiger partial charge in [0.2, 0.25) is 11.8 Å². The molecule has 1 saturated heterocycles. The van der Waals surface area contributed by atoms with Crippen molar-refractivity contribution in [1.82, 2.24) is 20.9 Å². The van der Waals surface area contributed by atoms with E-state index in [1.54, 1.807) is 0 Å². The second-order valence-electron chi connectivity index (χ2n) is 12.9. The van der Waals surface area contributed by atoms with Crippen LogP contribution in [-0.2, 0) is 50.6 Å². The maximum Gasteiger partial charge on any atom is 0.698 e. The lowest BCUT2D eigenvalue weighted by atomic mass is 9.84. The molecule has 2 unspecified atom stereocenters. The fourth-order valence-corrected chi connectivity index (χ4v) is 6.61. The Morgan fingerprint density at radius 1 is 0.922 bits per heavy atom. The highest BCUT2D eigenvalue weighted by Crippen LogP contribution is 2.29. The van der Waals surface area contributed by atoms with E-state index < -0.39 is 56.4 Å². The fraction of sp³-hybridized carbons (Fsp3) is 0.528. The van der Waals surface area contributed by atoms with Gasteiger partial charge in [0.25, 0.3) is 5.91 Å². The van der Waals surface area contributed by atoms with Gasteiger partial charge in [0.15, 0.2) is 6.10 Å². The van der Waals surface area contributed by atoms with Crippen LogP contribution in [0.15, 0.2) is 60.7 Å². The standard InChI is InChI=1S/C36H47N4O10P/c1-25(34(43)40-21-11-19-31(40)35(44)45)50-51(47)49-24-29(22-26-12-4-2-5-13-26)38-33(42)30(39-32(41)28-16-10-17-28)18-8-9-20-37-36(46)48-23-27-14-6-3-7-15-27/h2-7,12-15,25,28-31H,8-11,16-24H2,1H3,(H3-,37,38,39,41,42,44,45,46)/p+1/t25-,29?,30-,31-/m0/s1. The SMILES string of the molecule is C[C@H](O[P+](=O)OCC(Cc1ccccc1)NC(=O)[C@H](CCCCNC(=O)OCc1ccccc1)NC(=O)C1CCC1)C(=O)N1CCC[C@H]1C(=O)O. The third-order valence-corrected chi connectivity index (χ3v) is 9.82. The second-order valence-corrected chi connectivity index (χ2v) is 13.8. The van der Waals surface area contributed by atoms with Crippen molar-refractivity contribution in [3.05, 3.63) is 71.8 Å². The first-order valence-corrected chi connectivity index (χ1v) is 18.6. The summed E-state index contributed by atoms with van der Waals surface area (Å²) in [5, 5.41) is 18.0. The van der Waals surface area contributed by atoms with Crippen molar-refractivity contribution in [2.75, 3.05) is 19.7 Å². The van der Waals surface area contributed by atoms with Crippen molar-refractivity contribution in [3.63, 3.8) is 0 Å². The molecule has 1 aliphatic heterocycles. The Bertz CT molecular complexity index is 1480. The molecule has 0 aromatic heterocycles. The first-order valence-electron chi connectivity index (χ1n) is 17.5. The van der Waals surface area contributed by atoms with E-state index in [1.165, 1.54) is 11.8 Å². The molecule has 0 bridgehead atoms. The van der Waals surface area contributed by atoms with Crippen LogP contribution in [-0.4, -0.2) is 83.7 Å². The van der Waals surface area contributed by atoms with E-state index in [0.717, 1.165) is 30.4 Å².